The fourth-order valence-corrected chi connectivity index (χ4v) is 4.02. The minimum Gasteiger partial charge on any atom is -0.476 e. The maximum absolute atomic E-state index is 13.8. The second-order valence-electron chi connectivity index (χ2n) is 6.03. The average molecular weight is 482 g/mol. The number of benzene rings is 1. The number of sulfonamides is 1. The molecule has 1 aromatic heterocycles. The van der Waals surface area contributed by atoms with E-state index >= 15 is 0 Å². The molecule has 2 aromatic rings. The van der Waals surface area contributed by atoms with Crippen LogP contribution >= 0.6 is 15.9 Å². The Labute approximate surface area is 170 Å². The van der Waals surface area contributed by atoms with Crippen LogP contribution in [0.5, 0.6) is 5.88 Å². The minimum absolute atomic E-state index is 0.0803. The van der Waals surface area contributed by atoms with Gasteiger partial charge in [0.15, 0.2) is 0 Å². The molecule has 0 unspecified atom stereocenters. The summed E-state index contributed by atoms with van der Waals surface area (Å²) in [5, 5.41) is 0. The lowest BCUT2D eigenvalue weighted by molar-refractivity contribution is -0.116. The summed E-state index contributed by atoms with van der Waals surface area (Å²) in [5.74, 6) is -0.418. The molecule has 0 bridgehead atoms. The summed E-state index contributed by atoms with van der Waals surface area (Å²) in [5.41, 5.74) is -0.712. The van der Waals surface area contributed by atoms with Gasteiger partial charge in [-0.05, 0) is 54.6 Å². The van der Waals surface area contributed by atoms with Crippen LogP contribution in [0.15, 0.2) is 52.0 Å². The smallest absolute Gasteiger partial charge is 0.476 e. The molecule has 28 heavy (non-hydrogen) atoms. The van der Waals surface area contributed by atoms with Crippen molar-refractivity contribution in [3.8, 4) is 5.88 Å². The molecule has 0 spiro atoms. The van der Waals surface area contributed by atoms with Crippen molar-refractivity contribution in [3.63, 3.8) is 0 Å². The molecule has 0 atom stereocenters. The molecule has 6 nitrogen and oxygen atoms in total. The van der Waals surface area contributed by atoms with Crippen LogP contribution in [0.4, 0.5) is 18.9 Å². The Kier molecular flexibility index (Phi) is 7.29. The number of aromatic nitrogens is 1. The van der Waals surface area contributed by atoms with E-state index in [1.807, 2.05) is 19.0 Å². The van der Waals surface area contributed by atoms with Gasteiger partial charge in [0.25, 0.3) is 10.0 Å². The highest BCUT2D eigenvalue weighted by molar-refractivity contribution is 9.10. The number of alkyl halides is 3. The van der Waals surface area contributed by atoms with Crippen LogP contribution in [-0.4, -0.2) is 51.8 Å². The Bertz CT molecular complexity index is 894. The number of halogens is 4. The largest absolute Gasteiger partial charge is 0.498 e. The average Bonchev–Trinajstić information content (AvgIpc) is 2.59. The third-order valence-electron chi connectivity index (χ3n) is 3.52. The van der Waals surface area contributed by atoms with E-state index in [9.17, 15) is 21.6 Å². The minimum atomic E-state index is -5.22. The van der Waals surface area contributed by atoms with Gasteiger partial charge in [0.1, 0.15) is 5.69 Å². The summed E-state index contributed by atoms with van der Waals surface area (Å²) in [4.78, 5) is 5.24. The molecule has 0 aliphatic rings. The highest BCUT2D eigenvalue weighted by Gasteiger charge is 2.48. The highest BCUT2D eigenvalue weighted by atomic mass is 79.9. The van der Waals surface area contributed by atoms with Crippen LogP contribution in [0.25, 0.3) is 0 Å². The molecule has 2 rings (SSSR count). The lowest BCUT2D eigenvalue weighted by atomic mass is 10.4. The predicted molar refractivity (Wildman–Crippen MR) is 103 cm³/mol. The van der Waals surface area contributed by atoms with Gasteiger partial charge in [-0.15, -0.1) is 13.2 Å². The Morgan fingerprint density at radius 2 is 1.82 bits per heavy atom. The van der Waals surface area contributed by atoms with Crippen LogP contribution in [0.1, 0.15) is 6.42 Å². The summed E-state index contributed by atoms with van der Waals surface area (Å²) in [6, 6.07) is 7.41. The third kappa shape index (κ3) is 5.58. The van der Waals surface area contributed by atoms with Gasteiger partial charge in [0.2, 0.25) is 5.88 Å². The molecule has 1 aromatic carbocycles. The van der Waals surface area contributed by atoms with E-state index in [1.54, 1.807) is 0 Å². The molecule has 0 saturated carbocycles. The van der Waals surface area contributed by atoms with Gasteiger partial charge in [-0.3, -0.25) is 0 Å². The van der Waals surface area contributed by atoms with Crippen molar-refractivity contribution in [3.05, 3.63) is 47.1 Å². The van der Waals surface area contributed by atoms with Gasteiger partial charge >= 0.3 is 6.30 Å². The van der Waals surface area contributed by atoms with Crippen LogP contribution in [0.2, 0.25) is 0 Å². The second-order valence-corrected chi connectivity index (χ2v) is 8.74. The number of rotatable bonds is 8. The molecular weight excluding hydrogens is 463 g/mol. The summed E-state index contributed by atoms with van der Waals surface area (Å²) in [6.07, 6.45) is -3.45. The van der Waals surface area contributed by atoms with E-state index in [0.717, 1.165) is 18.2 Å². The SMILES string of the molecule is CN(C)CCCOc1ncc(Br)cc1N(C(F)(F)F)S(=O)(=O)c1ccccc1. The zero-order valence-corrected chi connectivity index (χ0v) is 17.6. The number of anilines is 1. The van der Waals surface area contributed by atoms with Crippen LogP contribution in [0.3, 0.4) is 0 Å². The number of hydrogen-bond acceptors (Lipinski definition) is 5. The Hall–Kier alpha value is -1.85. The first-order valence-electron chi connectivity index (χ1n) is 8.14. The van der Waals surface area contributed by atoms with Gasteiger partial charge in [-0.2, -0.15) is 4.31 Å². The first-order chi connectivity index (χ1) is 13.0. The maximum atomic E-state index is 13.8. The topological polar surface area (TPSA) is 62.7 Å². The van der Waals surface area contributed by atoms with Crippen LogP contribution in [-0.2, 0) is 10.0 Å². The monoisotopic (exact) mass is 481 g/mol. The maximum Gasteiger partial charge on any atom is 0.498 e. The number of pyridine rings is 1. The molecule has 0 saturated heterocycles. The summed E-state index contributed by atoms with van der Waals surface area (Å²) in [6.45, 7) is 0.730. The highest BCUT2D eigenvalue weighted by Crippen LogP contribution is 2.40. The molecule has 154 valence electrons. The second kappa shape index (κ2) is 9.10. The van der Waals surface area contributed by atoms with Gasteiger partial charge < -0.3 is 9.64 Å². The van der Waals surface area contributed by atoms with E-state index in [0.29, 0.717) is 13.0 Å². The van der Waals surface area contributed by atoms with E-state index in [2.05, 4.69) is 20.9 Å². The Morgan fingerprint density at radius 3 is 2.39 bits per heavy atom. The first kappa shape index (κ1) is 22.4. The van der Waals surface area contributed by atoms with Gasteiger partial charge in [-0.1, -0.05) is 18.2 Å². The third-order valence-corrected chi connectivity index (χ3v) is 5.70. The van der Waals surface area contributed by atoms with Crippen molar-refractivity contribution in [1.29, 1.82) is 0 Å². The van der Waals surface area contributed by atoms with E-state index in [1.165, 1.54) is 24.4 Å². The predicted octanol–water partition coefficient (Wildman–Crippen LogP) is 3.89. The van der Waals surface area contributed by atoms with Crippen molar-refractivity contribution in [2.75, 3.05) is 31.6 Å². The molecular formula is C17H19BrF3N3O3S. The zero-order valence-electron chi connectivity index (χ0n) is 15.1. The van der Waals surface area contributed by atoms with E-state index in [4.69, 9.17) is 4.74 Å². The quantitative estimate of drug-likeness (QED) is 0.422. The Balaban J connectivity index is 2.48. The first-order valence-corrected chi connectivity index (χ1v) is 10.4. The summed E-state index contributed by atoms with van der Waals surface area (Å²) in [7, 11) is -1.24. The molecule has 0 fully saturated rings. The standard InChI is InChI=1S/C17H19BrF3N3O3S/c1-23(2)9-6-10-27-16-15(11-13(18)12-22-16)24(17(19,20)21)28(25,26)14-7-4-3-5-8-14/h3-5,7-8,11-12H,6,9-10H2,1-2H3. The normalized spacial score (nSPS) is 12.2. The molecule has 0 N–H and O–H groups in total. The van der Waals surface area contributed by atoms with Crippen LogP contribution in [0, 0.1) is 0 Å². The van der Waals surface area contributed by atoms with Crippen molar-refractivity contribution in [2.45, 2.75) is 17.6 Å². The molecule has 0 radical (unpaired) electrons. The number of hydrogen-bond donors (Lipinski definition) is 0. The van der Waals surface area contributed by atoms with Crippen molar-refractivity contribution in [2.24, 2.45) is 0 Å². The molecule has 11 heteroatoms. The fourth-order valence-electron chi connectivity index (χ4n) is 2.32. The van der Waals surface area contributed by atoms with E-state index in [-0.39, 0.29) is 11.1 Å². The molecule has 1 heterocycles. The van der Waals surface area contributed by atoms with Crippen molar-refractivity contribution in [1.82, 2.24) is 9.88 Å². The number of ether oxygens (including phenoxy) is 1. The number of nitrogens with zero attached hydrogens (tertiary/aromatic N) is 3. The lowest BCUT2D eigenvalue weighted by Crippen LogP contribution is -2.43. The Morgan fingerprint density at radius 1 is 1.18 bits per heavy atom. The van der Waals surface area contributed by atoms with Crippen LogP contribution < -0.4 is 9.04 Å². The summed E-state index contributed by atoms with van der Waals surface area (Å²) >= 11 is 3.04. The van der Waals surface area contributed by atoms with Gasteiger partial charge in [-0.25, -0.2) is 13.4 Å². The van der Waals surface area contributed by atoms with Gasteiger partial charge in [0, 0.05) is 17.2 Å². The van der Waals surface area contributed by atoms with E-state index < -0.39 is 37.1 Å². The van der Waals surface area contributed by atoms with Crippen molar-refractivity contribution >= 4 is 31.6 Å². The zero-order chi connectivity index (χ0) is 20.9. The molecule has 0 amide bonds. The lowest BCUT2D eigenvalue weighted by Gasteiger charge is -2.27. The fraction of sp³-hybridized carbons (Fsp3) is 0.353. The summed E-state index contributed by atoms with van der Waals surface area (Å²) < 4.78 is 72.0. The van der Waals surface area contributed by atoms with Crippen molar-refractivity contribution < 1.29 is 26.3 Å². The molecule has 0 aliphatic carbocycles. The molecule has 0 aliphatic heterocycles. The van der Waals surface area contributed by atoms with Gasteiger partial charge in [0.05, 0.1) is 11.5 Å².